The molecule has 6 rings (SSSR count). The molecule has 0 spiro atoms. The molecule has 1 heterocycles. The average molecular weight is 584 g/mol. The quantitative estimate of drug-likeness (QED) is 0.204. The first-order valence-corrected chi connectivity index (χ1v) is 15.9. The molecule has 4 aromatic carbocycles. The van der Waals surface area contributed by atoms with Gasteiger partial charge in [-0.2, -0.15) is 0 Å². The zero-order valence-electron chi connectivity index (χ0n) is 26.4. The topological polar surface area (TPSA) is 3.24 Å². The fourth-order valence-electron chi connectivity index (χ4n) is 7.34. The summed E-state index contributed by atoms with van der Waals surface area (Å²) in [5.74, 6) is 0. The molecule has 0 N–H and O–H groups in total. The largest absolute Gasteiger partial charge is 0.344 e. The monoisotopic (exact) mass is 583 g/mol. The molecule has 4 aromatic rings. The summed E-state index contributed by atoms with van der Waals surface area (Å²) in [7, 11) is 0. The third-order valence-electron chi connectivity index (χ3n) is 9.79. The molecule has 0 aromatic heterocycles. The van der Waals surface area contributed by atoms with Gasteiger partial charge in [-0.25, -0.2) is 0 Å². The third-order valence-corrected chi connectivity index (χ3v) is 10.3. The highest BCUT2D eigenvalue weighted by Crippen LogP contribution is 2.51. The number of aryl methyl sites for hydroxylation is 1. The van der Waals surface area contributed by atoms with Crippen molar-refractivity contribution < 1.29 is 0 Å². The van der Waals surface area contributed by atoms with Gasteiger partial charge in [-0.1, -0.05) is 131 Å². The van der Waals surface area contributed by atoms with Crippen molar-refractivity contribution in [1.82, 2.24) is 0 Å². The zero-order chi connectivity index (χ0) is 30.5. The Morgan fingerprint density at radius 2 is 1.56 bits per heavy atom. The number of likely N-dealkylation sites (N-methyl/N-ethyl adjacent to an activating group) is 1. The van der Waals surface area contributed by atoms with E-state index in [0.717, 1.165) is 30.0 Å². The average Bonchev–Trinajstić information content (AvgIpc) is 3.46. The number of allylic oxidation sites excluding steroid dienone is 9. The summed E-state index contributed by atoms with van der Waals surface area (Å²) in [6.45, 7) is 19.2. The van der Waals surface area contributed by atoms with E-state index in [0.29, 0.717) is 0 Å². The molecule has 218 valence electrons. The van der Waals surface area contributed by atoms with Gasteiger partial charge in [0.25, 0.3) is 0 Å². The normalized spacial score (nSPS) is 18.6. The predicted molar refractivity (Wildman–Crippen MR) is 188 cm³/mol. The van der Waals surface area contributed by atoms with Crippen molar-refractivity contribution in [3.63, 3.8) is 0 Å². The van der Waals surface area contributed by atoms with E-state index in [9.17, 15) is 0 Å². The minimum atomic E-state index is -0.215. The van der Waals surface area contributed by atoms with E-state index < -0.39 is 0 Å². The van der Waals surface area contributed by atoms with Crippen LogP contribution in [0, 0.1) is 6.92 Å². The molecule has 0 fully saturated rings. The smallest absolute Gasteiger partial charge is 0.0470 e. The lowest BCUT2D eigenvalue weighted by atomic mass is 9.74. The number of benzene rings is 4. The van der Waals surface area contributed by atoms with Crippen molar-refractivity contribution in [3.05, 3.63) is 148 Å². The van der Waals surface area contributed by atoms with Crippen molar-refractivity contribution in [1.29, 1.82) is 0 Å². The minimum Gasteiger partial charge on any atom is -0.344 e. The number of hydrogen-bond acceptors (Lipinski definition) is 1. The Morgan fingerprint density at radius 1 is 0.907 bits per heavy atom. The Hall–Kier alpha value is -3.81. The van der Waals surface area contributed by atoms with Crippen LogP contribution in [-0.4, -0.2) is 6.54 Å². The Labute approximate surface area is 262 Å². The van der Waals surface area contributed by atoms with Crippen LogP contribution in [0.1, 0.15) is 64.2 Å². The maximum atomic E-state index is 7.04. The highest BCUT2D eigenvalue weighted by Gasteiger charge is 2.40. The van der Waals surface area contributed by atoms with E-state index in [2.05, 4.69) is 150 Å². The summed E-state index contributed by atoms with van der Waals surface area (Å²) in [6, 6.07) is 26.4. The molecule has 0 radical (unpaired) electrons. The molecule has 1 aliphatic heterocycles. The second-order valence-electron chi connectivity index (χ2n) is 13.1. The summed E-state index contributed by atoms with van der Waals surface area (Å²) in [4.78, 5) is 2.47. The van der Waals surface area contributed by atoms with Crippen LogP contribution in [0.3, 0.4) is 0 Å². The molecule has 0 saturated heterocycles. The van der Waals surface area contributed by atoms with Gasteiger partial charge >= 0.3 is 0 Å². The van der Waals surface area contributed by atoms with Crippen LogP contribution in [0.4, 0.5) is 5.69 Å². The van der Waals surface area contributed by atoms with Gasteiger partial charge in [0.2, 0.25) is 0 Å². The summed E-state index contributed by atoms with van der Waals surface area (Å²) in [5, 5.41) is 6.07. The summed E-state index contributed by atoms with van der Waals surface area (Å²) in [5.41, 5.74) is 9.83. The summed E-state index contributed by atoms with van der Waals surface area (Å²) in [6.07, 6.45) is 10.8. The zero-order valence-corrected chi connectivity index (χ0v) is 27.1. The molecule has 0 amide bonds. The molecule has 2 aliphatic rings. The molecule has 0 unspecified atom stereocenters. The number of hydrogen-bond donors (Lipinski definition) is 0. The third kappa shape index (κ3) is 4.88. The Morgan fingerprint density at radius 3 is 2.28 bits per heavy atom. The van der Waals surface area contributed by atoms with Crippen molar-refractivity contribution in [2.24, 2.45) is 0 Å². The molecule has 0 saturated carbocycles. The van der Waals surface area contributed by atoms with Gasteiger partial charge in [-0.05, 0) is 93.8 Å². The molecule has 43 heavy (non-hydrogen) atoms. The van der Waals surface area contributed by atoms with Gasteiger partial charge in [-0.15, -0.1) is 0 Å². The fraction of sp³-hybridized carbons (Fsp3) is 0.268. The second kappa shape index (κ2) is 11.0. The van der Waals surface area contributed by atoms with E-state index in [-0.39, 0.29) is 10.8 Å². The number of halogens is 1. The first kappa shape index (κ1) is 29.3. The lowest BCUT2D eigenvalue weighted by molar-refractivity contribution is 0.638. The van der Waals surface area contributed by atoms with Crippen molar-refractivity contribution >= 4 is 38.8 Å². The van der Waals surface area contributed by atoms with Crippen LogP contribution < -0.4 is 4.90 Å². The van der Waals surface area contributed by atoms with Crippen LogP contribution in [0.25, 0.3) is 21.5 Å². The standard InChI is InChI=1S/C41H42ClN/c1-8-43-35-25-23-30-14-10-12-16-34(30)38(35)41(6,7)36(43)26-24-32-22-21-31(39(32)42)20-18-28(3)40(4,5)37-27(2)17-19-29-13-9-11-15-33(29)37/h9-20,23-26H,3,8,21-22H2,1-2,4-7H3/b20-18-,32-24+,36-26?. The maximum Gasteiger partial charge on any atom is 0.0470 e. The highest BCUT2D eigenvalue weighted by molar-refractivity contribution is 6.33. The van der Waals surface area contributed by atoms with Gasteiger partial charge in [0.15, 0.2) is 0 Å². The van der Waals surface area contributed by atoms with Gasteiger partial charge in [0, 0.05) is 33.8 Å². The Bertz CT molecular complexity index is 1890. The van der Waals surface area contributed by atoms with Crippen LogP contribution in [-0.2, 0) is 10.8 Å². The maximum absolute atomic E-state index is 7.04. The first-order chi connectivity index (χ1) is 20.6. The Kier molecular flexibility index (Phi) is 7.51. The van der Waals surface area contributed by atoms with Crippen molar-refractivity contribution in [2.45, 2.75) is 65.2 Å². The van der Waals surface area contributed by atoms with Gasteiger partial charge in [0.05, 0.1) is 0 Å². The molecule has 0 bridgehead atoms. The van der Waals surface area contributed by atoms with E-state index in [4.69, 9.17) is 11.6 Å². The van der Waals surface area contributed by atoms with Crippen molar-refractivity contribution in [2.75, 3.05) is 11.4 Å². The van der Waals surface area contributed by atoms with E-state index in [1.54, 1.807) is 0 Å². The summed E-state index contributed by atoms with van der Waals surface area (Å²) >= 11 is 7.04. The number of nitrogens with zero attached hydrogens (tertiary/aromatic N) is 1. The second-order valence-corrected chi connectivity index (χ2v) is 13.5. The number of anilines is 1. The fourth-order valence-corrected chi connectivity index (χ4v) is 7.66. The lowest BCUT2D eigenvalue weighted by Crippen LogP contribution is -2.25. The van der Waals surface area contributed by atoms with E-state index >= 15 is 0 Å². The van der Waals surface area contributed by atoms with Gasteiger partial charge in [-0.3, -0.25) is 0 Å². The Balaban J connectivity index is 1.29. The lowest BCUT2D eigenvalue weighted by Gasteiger charge is -2.30. The summed E-state index contributed by atoms with van der Waals surface area (Å²) < 4.78 is 0. The molecular weight excluding hydrogens is 542 g/mol. The molecule has 0 atom stereocenters. The van der Waals surface area contributed by atoms with E-state index in [1.807, 2.05) is 0 Å². The highest BCUT2D eigenvalue weighted by atomic mass is 35.5. The predicted octanol–water partition coefficient (Wildman–Crippen LogP) is 11.6. The van der Waals surface area contributed by atoms with Gasteiger partial charge < -0.3 is 4.90 Å². The number of fused-ring (bicyclic) bond motifs is 4. The van der Waals surface area contributed by atoms with E-state index in [1.165, 1.54) is 60.8 Å². The molecule has 2 heteroatoms. The first-order valence-electron chi connectivity index (χ1n) is 15.5. The number of rotatable bonds is 6. The molecular formula is C41H42ClN. The SMILES string of the molecule is C=C(/C=C\C1=C(Cl)C(=C/C=C2N(CC)c3ccc4ccccc4c3C2(C)C)/CC1)C(C)(C)c1c(C)ccc2ccccc12. The molecule has 1 nitrogen and oxygen atoms in total. The van der Waals surface area contributed by atoms with Crippen LogP contribution in [0.15, 0.2) is 131 Å². The molecule has 1 aliphatic carbocycles. The van der Waals surface area contributed by atoms with Crippen LogP contribution in [0.2, 0.25) is 0 Å². The van der Waals surface area contributed by atoms with Crippen LogP contribution >= 0.6 is 11.6 Å². The van der Waals surface area contributed by atoms with Gasteiger partial charge in [0.1, 0.15) is 0 Å². The van der Waals surface area contributed by atoms with Crippen LogP contribution in [0.5, 0.6) is 0 Å². The van der Waals surface area contributed by atoms with Crippen molar-refractivity contribution in [3.8, 4) is 0 Å². The minimum absolute atomic E-state index is 0.107.